The normalized spacial score (nSPS) is 11.6. The van der Waals surface area contributed by atoms with Crippen molar-refractivity contribution in [3.05, 3.63) is 53.6 Å². The van der Waals surface area contributed by atoms with E-state index in [1.165, 1.54) is 23.9 Å². The lowest BCUT2D eigenvalue weighted by Gasteiger charge is -2.07. The molecule has 1 heterocycles. The van der Waals surface area contributed by atoms with Crippen LogP contribution in [0, 0.1) is 0 Å². The maximum absolute atomic E-state index is 12.2. The summed E-state index contributed by atoms with van der Waals surface area (Å²) in [5.41, 5.74) is 0.552. The molecule has 0 spiro atoms. The minimum atomic E-state index is -3.35. The Balaban J connectivity index is 1.61. The Morgan fingerprint density at radius 2 is 1.76 bits per heavy atom. The van der Waals surface area contributed by atoms with Gasteiger partial charge in [-0.3, -0.25) is 10.1 Å². The molecule has 0 atom stereocenters. The third-order valence-corrected chi connectivity index (χ3v) is 7.34. The predicted molar refractivity (Wildman–Crippen MR) is 113 cm³/mol. The van der Waals surface area contributed by atoms with Crippen LogP contribution in [0.2, 0.25) is 5.02 Å². The van der Waals surface area contributed by atoms with Crippen LogP contribution in [0.5, 0.6) is 0 Å². The van der Waals surface area contributed by atoms with Gasteiger partial charge in [0.05, 0.1) is 15.9 Å². The summed E-state index contributed by atoms with van der Waals surface area (Å²) >= 11 is 7.18. The van der Waals surface area contributed by atoms with Crippen molar-refractivity contribution in [2.24, 2.45) is 0 Å². The molecule has 7 nitrogen and oxygen atoms in total. The van der Waals surface area contributed by atoms with Gasteiger partial charge >= 0.3 is 6.01 Å². The molecular formula is C19H18ClN3O4S2. The van der Waals surface area contributed by atoms with Crippen molar-refractivity contribution in [3.63, 3.8) is 0 Å². The van der Waals surface area contributed by atoms with E-state index in [1.807, 2.05) is 12.1 Å². The standard InChI is InChI=1S/C19H18ClN3O4S2/c1-12(2)29(25,26)16-9-3-13(4-10-16)18-22-23-19(27-18)21-17(24)11-28-15-7-5-14(20)6-8-15/h3-10,12H,11H2,1-2H3,(H,21,23,24). The number of hydrogen-bond donors (Lipinski definition) is 1. The highest BCUT2D eigenvalue weighted by Crippen LogP contribution is 2.24. The van der Waals surface area contributed by atoms with Crippen LogP contribution in [0.1, 0.15) is 13.8 Å². The number of thioether (sulfide) groups is 1. The lowest BCUT2D eigenvalue weighted by atomic mass is 10.2. The molecule has 0 saturated carbocycles. The zero-order valence-corrected chi connectivity index (χ0v) is 18.0. The number of aromatic nitrogens is 2. The third kappa shape index (κ3) is 5.37. The number of amides is 1. The Labute approximate surface area is 177 Å². The van der Waals surface area contributed by atoms with Crippen LogP contribution >= 0.6 is 23.4 Å². The molecule has 0 aliphatic rings. The van der Waals surface area contributed by atoms with Crippen LogP contribution in [-0.2, 0) is 14.6 Å². The number of hydrogen-bond acceptors (Lipinski definition) is 7. The number of benzene rings is 2. The smallest absolute Gasteiger partial charge is 0.322 e. The monoisotopic (exact) mass is 451 g/mol. The van der Waals surface area contributed by atoms with Gasteiger partial charge in [0.1, 0.15) is 0 Å². The first-order valence-corrected chi connectivity index (χ1v) is 11.5. The first kappa shape index (κ1) is 21.4. The van der Waals surface area contributed by atoms with Crippen molar-refractivity contribution in [2.75, 3.05) is 11.1 Å². The Bertz CT molecular complexity index is 1100. The van der Waals surface area contributed by atoms with Gasteiger partial charge in [0.15, 0.2) is 9.84 Å². The first-order chi connectivity index (χ1) is 13.8. The zero-order chi connectivity index (χ0) is 21.0. The highest BCUT2D eigenvalue weighted by Gasteiger charge is 2.19. The molecule has 152 valence electrons. The number of carbonyl (C=O) groups is 1. The largest absolute Gasteiger partial charge is 0.403 e. The Morgan fingerprint density at radius 3 is 2.38 bits per heavy atom. The number of carbonyl (C=O) groups excluding carboxylic acids is 1. The minimum Gasteiger partial charge on any atom is -0.403 e. The van der Waals surface area contributed by atoms with Crippen LogP contribution < -0.4 is 5.32 Å². The van der Waals surface area contributed by atoms with Gasteiger partial charge in [-0.2, -0.15) is 0 Å². The van der Waals surface area contributed by atoms with Crippen LogP contribution in [0.25, 0.3) is 11.5 Å². The molecule has 1 N–H and O–H groups in total. The summed E-state index contributed by atoms with van der Waals surface area (Å²) in [6.07, 6.45) is 0. The Morgan fingerprint density at radius 1 is 1.10 bits per heavy atom. The third-order valence-electron chi connectivity index (χ3n) is 3.91. The van der Waals surface area contributed by atoms with Gasteiger partial charge < -0.3 is 4.42 Å². The van der Waals surface area contributed by atoms with Gasteiger partial charge in [-0.15, -0.1) is 16.9 Å². The van der Waals surface area contributed by atoms with E-state index >= 15 is 0 Å². The molecule has 29 heavy (non-hydrogen) atoms. The second kappa shape index (κ2) is 8.98. The van der Waals surface area contributed by atoms with Crippen LogP contribution in [0.15, 0.2) is 62.7 Å². The van der Waals surface area contributed by atoms with Crippen molar-refractivity contribution in [2.45, 2.75) is 28.9 Å². The topological polar surface area (TPSA) is 102 Å². The minimum absolute atomic E-state index is 0.0272. The van der Waals surface area contributed by atoms with E-state index in [4.69, 9.17) is 16.0 Å². The van der Waals surface area contributed by atoms with E-state index in [0.717, 1.165) is 4.90 Å². The molecule has 0 unspecified atom stereocenters. The summed E-state index contributed by atoms with van der Waals surface area (Å²) in [5, 5.41) is 10.4. The molecule has 1 amide bonds. The number of anilines is 1. The molecule has 3 rings (SSSR count). The predicted octanol–water partition coefficient (Wildman–Crippen LogP) is 4.30. The number of sulfone groups is 1. The molecule has 0 bridgehead atoms. The summed E-state index contributed by atoms with van der Waals surface area (Å²) in [6.45, 7) is 3.25. The van der Waals surface area contributed by atoms with Gasteiger partial charge in [0.2, 0.25) is 11.8 Å². The molecule has 1 aromatic heterocycles. The second-order valence-electron chi connectivity index (χ2n) is 6.32. The molecular weight excluding hydrogens is 434 g/mol. The van der Waals surface area contributed by atoms with Gasteiger partial charge in [0, 0.05) is 15.5 Å². The van der Waals surface area contributed by atoms with Crippen LogP contribution in [0.3, 0.4) is 0 Å². The Hall–Kier alpha value is -2.36. The maximum atomic E-state index is 12.2. The molecule has 3 aromatic rings. The van der Waals surface area contributed by atoms with Crippen molar-refractivity contribution in [1.82, 2.24) is 10.2 Å². The number of halogens is 1. The van der Waals surface area contributed by atoms with Gasteiger partial charge in [-0.1, -0.05) is 16.7 Å². The van der Waals surface area contributed by atoms with Crippen molar-refractivity contribution < 1.29 is 17.6 Å². The van der Waals surface area contributed by atoms with E-state index in [0.29, 0.717) is 10.6 Å². The molecule has 0 aliphatic heterocycles. The van der Waals surface area contributed by atoms with Gasteiger partial charge in [0.25, 0.3) is 0 Å². The maximum Gasteiger partial charge on any atom is 0.322 e. The van der Waals surface area contributed by atoms with Crippen molar-refractivity contribution >= 4 is 45.1 Å². The summed E-state index contributed by atoms with van der Waals surface area (Å²) < 4.78 is 29.8. The van der Waals surface area contributed by atoms with Crippen molar-refractivity contribution in [3.8, 4) is 11.5 Å². The molecule has 0 saturated heterocycles. The summed E-state index contributed by atoms with van der Waals surface area (Å²) in [4.78, 5) is 13.2. The number of nitrogens with zero attached hydrogens (tertiary/aromatic N) is 2. The average molecular weight is 452 g/mol. The lowest BCUT2D eigenvalue weighted by molar-refractivity contribution is -0.113. The molecule has 2 aromatic carbocycles. The van der Waals surface area contributed by atoms with E-state index < -0.39 is 15.1 Å². The van der Waals surface area contributed by atoms with E-state index in [-0.39, 0.29) is 28.5 Å². The van der Waals surface area contributed by atoms with Crippen LogP contribution in [0.4, 0.5) is 6.01 Å². The second-order valence-corrected chi connectivity index (χ2v) is 10.3. The molecule has 10 heteroatoms. The Kier molecular flexibility index (Phi) is 6.61. The lowest BCUT2D eigenvalue weighted by Crippen LogP contribution is -2.14. The van der Waals surface area contributed by atoms with Gasteiger partial charge in [-0.05, 0) is 62.4 Å². The summed E-state index contributed by atoms with van der Waals surface area (Å²) in [5.74, 6) is 0.0545. The fourth-order valence-electron chi connectivity index (χ4n) is 2.28. The van der Waals surface area contributed by atoms with Crippen LogP contribution in [-0.4, -0.2) is 35.5 Å². The molecule has 0 radical (unpaired) electrons. The summed E-state index contributed by atoms with van der Waals surface area (Å²) in [7, 11) is -3.35. The highest BCUT2D eigenvalue weighted by molar-refractivity contribution is 8.00. The number of rotatable bonds is 7. The van der Waals surface area contributed by atoms with E-state index in [9.17, 15) is 13.2 Å². The fraction of sp³-hybridized carbons (Fsp3) is 0.211. The van der Waals surface area contributed by atoms with E-state index in [2.05, 4.69) is 15.5 Å². The van der Waals surface area contributed by atoms with E-state index in [1.54, 1.807) is 38.1 Å². The quantitative estimate of drug-likeness (QED) is 0.534. The average Bonchev–Trinajstić information content (AvgIpc) is 3.16. The highest BCUT2D eigenvalue weighted by atomic mass is 35.5. The molecule has 0 fully saturated rings. The number of nitrogens with one attached hydrogen (secondary N) is 1. The van der Waals surface area contributed by atoms with Gasteiger partial charge in [-0.25, -0.2) is 8.42 Å². The van der Waals surface area contributed by atoms with Crippen molar-refractivity contribution in [1.29, 1.82) is 0 Å². The zero-order valence-electron chi connectivity index (χ0n) is 15.6. The first-order valence-electron chi connectivity index (χ1n) is 8.62. The fourth-order valence-corrected chi connectivity index (χ4v) is 4.17. The molecule has 0 aliphatic carbocycles. The summed E-state index contributed by atoms with van der Waals surface area (Å²) in [6, 6.07) is 13.3. The SMILES string of the molecule is CC(C)S(=O)(=O)c1ccc(-c2nnc(NC(=O)CSc3ccc(Cl)cc3)o2)cc1.